The molecule has 1 spiro atoms. The molecular weight excluding hydrogens is 574 g/mol. The van der Waals surface area contributed by atoms with E-state index in [2.05, 4.69) is 33.9 Å². The quantitative estimate of drug-likeness (QED) is 0.254. The van der Waals surface area contributed by atoms with Crippen LogP contribution in [0.2, 0.25) is 18.1 Å². The maximum atomic E-state index is 15.5. The molecule has 5 rings (SSSR count). The first kappa shape index (κ1) is 32.6. The Bertz CT molecular complexity index is 1330. The molecule has 3 atom stereocenters. The topological polar surface area (TPSA) is 51.6 Å². The van der Waals surface area contributed by atoms with Crippen LogP contribution in [0.4, 0.5) is 17.6 Å². The van der Waals surface area contributed by atoms with Gasteiger partial charge in [-0.3, -0.25) is 4.98 Å². The number of hydrogen-bond donors (Lipinski definition) is 1. The molecule has 4 aliphatic rings. The van der Waals surface area contributed by atoms with Crippen molar-refractivity contribution >= 4 is 13.9 Å². The number of aliphatic hydroxyl groups excluding tert-OH is 1. The Kier molecular flexibility index (Phi) is 8.73. The average Bonchev–Trinajstić information content (AvgIpc) is 2.89. The van der Waals surface area contributed by atoms with Crippen molar-refractivity contribution in [1.82, 2.24) is 4.98 Å². The third-order valence-electron chi connectivity index (χ3n) is 10.6. The van der Waals surface area contributed by atoms with Crippen LogP contribution in [0, 0.1) is 11.3 Å². The largest absolute Gasteiger partial charge is 0.410 e. The van der Waals surface area contributed by atoms with Crippen molar-refractivity contribution in [2.75, 3.05) is 13.2 Å². The van der Waals surface area contributed by atoms with E-state index in [4.69, 9.17) is 14.1 Å². The van der Waals surface area contributed by atoms with E-state index in [0.29, 0.717) is 30.9 Å². The van der Waals surface area contributed by atoms with Crippen molar-refractivity contribution < 1.29 is 31.8 Å². The Balaban J connectivity index is 1.74. The van der Waals surface area contributed by atoms with Gasteiger partial charge in [-0.1, -0.05) is 59.3 Å². The van der Waals surface area contributed by atoms with Crippen LogP contribution in [-0.2, 0) is 15.6 Å². The lowest BCUT2D eigenvalue weighted by Gasteiger charge is -2.51. The molecule has 43 heavy (non-hydrogen) atoms. The molecule has 1 fully saturated rings. The normalized spacial score (nSPS) is 25.1. The number of alkyl halides is 3. The number of allylic oxidation sites excluding steroid dienone is 2. The van der Waals surface area contributed by atoms with Crippen LogP contribution < -0.4 is 0 Å². The van der Waals surface area contributed by atoms with E-state index in [0.717, 1.165) is 60.2 Å². The second kappa shape index (κ2) is 11.5. The molecule has 0 amide bonds. The SMILES string of the molecule is CC(C)c1nc2c(c(C3=CCOCC3)c1C(O)C1=C(F)CC(C(F)(F)F)C=C1)C(O[Si](C)(C)C(C)(C)C)CC1(CCC1)C2. The van der Waals surface area contributed by atoms with Gasteiger partial charge in [0.1, 0.15) is 11.9 Å². The van der Waals surface area contributed by atoms with Crippen LogP contribution in [0.25, 0.3) is 5.57 Å². The molecule has 3 unspecified atom stereocenters. The molecule has 0 saturated heterocycles. The molecule has 0 aromatic carbocycles. The number of fused-ring (bicyclic) bond motifs is 1. The Morgan fingerprint density at radius 1 is 1.16 bits per heavy atom. The molecule has 3 aliphatic carbocycles. The number of hydrogen-bond acceptors (Lipinski definition) is 4. The predicted octanol–water partition coefficient (Wildman–Crippen LogP) is 9.58. The van der Waals surface area contributed by atoms with E-state index in [9.17, 15) is 18.3 Å². The summed E-state index contributed by atoms with van der Waals surface area (Å²) in [5.74, 6) is -2.94. The Hall–Kier alpha value is -1.81. The summed E-state index contributed by atoms with van der Waals surface area (Å²) in [6.07, 6.45) is 2.80. The molecule has 238 valence electrons. The van der Waals surface area contributed by atoms with Crippen LogP contribution in [-0.4, -0.2) is 37.8 Å². The fourth-order valence-corrected chi connectivity index (χ4v) is 8.17. The number of halogens is 4. The van der Waals surface area contributed by atoms with E-state index >= 15 is 4.39 Å². The molecule has 1 aliphatic heterocycles. The third-order valence-corrected chi connectivity index (χ3v) is 15.0. The van der Waals surface area contributed by atoms with E-state index in [1.165, 1.54) is 6.42 Å². The second-order valence-corrected chi connectivity index (χ2v) is 19.7. The summed E-state index contributed by atoms with van der Waals surface area (Å²) in [6.45, 7) is 16.1. The van der Waals surface area contributed by atoms with E-state index in [-0.39, 0.29) is 28.0 Å². The van der Waals surface area contributed by atoms with Gasteiger partial charge in [0.15, 0.2) is 8.32 Å². The molecule has 0 radical (unpaired) electrons. The van der Waals surface area contributed by atoms with Gasteiger partial charge in [-0.15, -0.1) is 0 Å². The number of ether oxygens (including phenoxy) is 1. The standard InChI is InChI=1S/C34H47F4NO3Si/c1-20(2)30-29(31(40)23-10-9-22(17-24(23)35)34(36,37)38)27(21-11-15-41-16-12-21)28-25(39-30)18-33(13-8-14-33)19-26(28)42-43(6,7)32(3,4)5/h9-11,20,22,26,31,40H,8,12-19H2,1-7H3. The highest BCUT2D eigenvalue weighted by molar-refractivity contribution is 6.74. The molecule has 4 nitrogen and oxygen atoms in total. The smallest absolute Gasteiger partial charge is 0.395 e. The molecule has 1 aromatic rings. The molecule has 1 aromatic heterocycles. The molecule has 2 heterocycles. The number of nitrogens with zero attached hydrogens (tertiary/aromatic N) is 1. The summed E-state index contributed by atoms with van der Waals surface area (Å²) < 4.78 is 68.7. The van der Waals surface area contributed by atoms with Crippen molar-refractivity contribution in [3.05, 3.63) is 57.7 Å². The van der Waals surface area contributed by atoms with Crippen molar-refractivity contribution in [3.63, 3.8) is 0 Å². The molecule has 0 bridgehead atoms. The van der Waals surface area contributed by atoms with Gasteiger partial charge < -0.3 is 14.3 Å². The fraction of sp³-hybridized carbons (Fsp3) is 0.676. The van der Waals surface area contributed by atoms with Crippen LogP contribution in [0.1, 0.15) is 119 Å². The van der Waals surface area contributed by atoms with Crippen LogP contribution in [0.5, 0.6) is 0 Å². The van der Waals surface area contributed by atoms with E-state index in [1.807, 2.05) is 19.9 Å². The minimum absolute atomic E-state index is 0.0288. The Morgan fingerprint density at radius 3 is 2.37 bits per heavy atom. The van der Waals surface area contributed by atoms with Crippen molar-refractivity contribution in [2.45, 2.75) is 122 Å². The maximum absolute atomic E-state index is 15.5. The Labute approximate surface area is 254 Å². The lowest BCUT2D eigenvalue weighted by molar-refractivity contribution is -0.161. The van der Waals surface area contributed by atoms with Crippen LogP contribution in [0.3, 0.4) is 0 Å². The van der Waals surface area contributed by atoms with Gasteiger partial charge in [0, 0.05) is 34.5 Å². The predicted molar refractivity (Wildman–Crippen MR) is 164 cm³/mol. The zero-order valence-corrected chi connectivity index (χ0v) is 27.6. The molecule has 1 N–H and O–H groups in total. The fourth-order valence-electron chi connectivity index (χ4n) is 6.90. The minimum atomic E-state index is -4.55. The third kappa shape index (κ3) is 6.20. The Morgan fingerprint density at radius 2 is 1.86 bits per heavy atom. The van der Waals surface area contributed by atoms with Gasteiger partial charge in [-0.05, 0) is 72.7 Å². The summed E-state index contributed by atoms with van der Waals surface area (Å²) in [7, 11) is -2.25. The summed E-state index contributed by atoms with van der Waals surface area (Å²) in [5.41, 5.74) is 4.99. The monoisotopic (exact) mass is 621 g/mol. The van der Waals surface area contributed by atoms with Gasteiger partial charge in [0.25, 0.3) is 0 Å². The van der Waals surface area contributed by atoms with Crippen molar-refractivity contribution in [2.24, 2.45) is 11.3 Å². The zero-order valence-electron chi connectivity index (χ0n) is 26.6. The van der Waals surface area contributed by atoms with E-state index in [1.54, 1.807) is 0 Å². The summed E-state index contributed by atoms with van der Waals surface area (Å²) in [5, 5.41) is 12.0. The average molecular weight is 622 g/mol. The summed E-state index contributed by atoms with van der Waals surface area (Å²) >= 11 is 0. The van der Waals surface area contributed by atoms with Crippen molar-refractivity contribution in [3.8, 4) is 0 Å². The molecule has 1 saturated carbocycles. The van der Waals surface area contributed by atoms with Gasteiger partial charge >= 0.3 is 6.18 Å². The number of rotatable bonds is 6. The zero-order chi connectivity index (χ0) is 31.5. The number of aliphatic hydroxyl groups is 1. The van der Waals surface area contributed by atoms with E-state index < -0.39 is 38.8 Å². The van der Waals surface area contributed by atoms with Gasteiger partial charge in [-0.25, -0.2) is 4.39 Å². The highest BCUT2D eigenvalue weighted by Crippen LogP contribution is 2.58. The first-order valence-corrected chi connectivity index (χ1v) is 18.7. The second-order valence-electron chi connectivity index (χ2n) is 14.9. The first-order chi connectivity index (χ1) is 19.9. The number of pyridine rings is 1. The maximum Gasteiger partial charge on any atom is 0.395 e. The lowest BCUT2D eigenvalue weighted by Crippen LogP contribution is -2.46. The highest BCUT2D eigenvalue weighted by atomic mass is 28.4. The minimum Gasteiger partial charge on any atom is -0.410 e. The first-order valence-electron chi connectivity index (χ1n) is 15.8. The van der Waals surface area contributed by atoms with Gasteiger partial charge in [0.05, 0.1) is 25.2 Å². The van der Waals surface area contributed by atoms with Crippen molar-refractivity contribution in [1.29, 1.82) is 0 Å². The molecular formula is C34H47F4NO3Si. The van der Waals surface area contributed by atoms with Crippen LogP contribution in [0.15, 0.2) is 29.6 Å². The molecule has 9 heteroatoms. The highest BCUT2D eigenvalue weighted by Gasteiger charge is 2.50. The van der Waals surface area contributed by atoms with Gasteiger partial charge in [-0.2, -0.15) is 13.2 Å². The van der Waals surface area contributed by atoms with Crippen LogP contribution >= 0.6 is 0 Å². The van der Waals surface area contributed by atoms with Gasteiger partial charge in [0.2, 0.25) is 0 Å². The number of aromatic nitrogens is 1. The summed E-state index contributed by atoms with van der Waals surface area (Å²) in [4.78, 5) is 5.25. The summed E-state index contributed by atoms with van der Waals surface area (Å²) in [6, 6.07) is 0. The lowest BCUT2D eigenvalue weighted by atomic mass is 9.59.